The summed E-state index contributed by atoms with van der Waals surface area (Å²) in [6.07, 6.45) is 1.72. The van der Waals surface area contributed by atoms with Gasteiger partial charge < -0.3 is 4.57 Å². The van der Waals surface area contributed by atoms with E-state index in [0.29, 0.717) is 11.0 Å². The van der Waals surface area contributed by atoms with Gasteiger partial charge in [-0.2, -0.15) is 0 Å². The van der Waals surface area contributed by atoms with Crippen molar-refractivity contribution >= 4 is 45.2 Å². The highest BCUT2D eigenvalue weighted by molar-refractivity contribution is 8.01. The lowest BCUT2D eigenvalue weighted by atomic mass is 10.3. The van der Waals surface area contributed by atoms with Crippen LogP contribution in [0.3, 0.4) is 0 Å². The summed E-state index contributed by atoms with van der Waals surface area (Å²) < 4.78 is 2.71. The first kappa shape index (κ1) is 17.6. The van der Waals surface area contributed by atoms with E-state index in [1.165, 1.54) is 11.3 Å². The van der Waals surface area contributed by atoms with Gasteiger partial charge in [0.25, 0.3) is 0 Å². The van der Waals surface area contributed by atoms with Crippen LogP contribution in [-0.2, 0) is 11.3 Å². The number of fused-ring (bicyclic) bond motifs is 1. The van der Waals surface area contributed by atoms with Crippen LogP contribution in [0.4, 0.5) is 5.13 Å². The lowest BCUT2D eigenvalue weighted by molar-refractivity contribution is -0.116. The average Bonchev–Trinajstić information content (AvgIpc) is 3.27. The van der Waals surface area contributed by atoms with Crippen molar-refractivity contribution in [2.24, 2.45) is 0 Å². The number of nitrogens with one attached hydrogen (secondary N) is 1. The number of anilines is 1. The van der Waals surface area contributed by atoms with Gasteiger partial charge in [-0.3, -0.25) is 15.1 Å². The highest BCUT2D eigenvalue weighted by Crippen LogP contribution is 2.26. The van der Waals surface area contributed by atoms with E-state index in [2.05, 4.69) is 25.5 Å². The fourth-order valence-corrected chi connectivity index (χ4v) is 4.34. The molecule has 0 spiro atoms. The SMILES string of the molecule is CCSc1nnc(NC(=O)Cn2c(-c3ccccn3)nc3ccccc32)s1. The Morgan fingerprint density at radius 2 is 2.04 bits per heavy atom. The van der Waals surface area contributed by atoms with E-state index < -0.39 is 0 Å². The molecule has 27 heavy (non-hydrogen) atoms. The fraction of sp³-hybridized carbons (Fsp3) is 0.167. The van der Waals surface area contributed by atoms with Crippen LogP contribution in [0, 0.1) is 0 Å². The molecule has 0 aliphatic rings. The van der Waals surface area contributed by atoms with E-state index in [9.17, 15) is 4.79 Å². The largest absolute Gasteiger partial charge is 0.313 e. The Balaban J connectivity index is 1.63. The van der Waals surface area contributed by atoms with Crippen LogP contribution in [0.25, 0.3) is 22.6 Å². The molecule has 0 saturated heterocycles. The highest BCUT2D eigenvalue weighted by atomic mass is 32.2. The summed E-state index contributed by atoms with van der Waals surface area (Å²) in [4.78, 5) is 21.7. The molecule has 4 rings (SSSR count). The van der Waals surface area contributed by atoms with Crippen molar-refractivity contribution in [2.45, 2.75) is 17.8 Å². The molecule has 3 heterocycles. The van der Waals surface area contributed by atoms with Crippen LogP contribution in [-0.4, -0.2) is 36.4 Å². The number of imidazole rings is 1. The Hall–Kier alpha value is -2.78. The molecular formula is C18H16N6OS2. The number of amides is 1. The van der Waals surface area contributed by atoms with E-state index in [1.807, 2.05) is 54.0 Å². The van der Waals surface area contributed by atoms with Crippen molar-refractivity contribution in [3.8, 4) is 11.5 Å². The molecule has 0 bridgehead atoms. The summed E-state index contributed by atoms with van der Waals surface area (Å²) in [5.74, 6) is 1.39. The van der Waals surface area contributed by atoms with Gasteiger partial charge in [0.15, 0.2) is 10.2 Å². The van der Waals surface area contributed by atoms with Crippen LogP contribution in [0.1, 0.15) is 6.92 Å². The Kier molecular flexibility index (Phi) is 5.12. The number of hydrogen-bond donors (Lipinski definition) is 1. The van der Waals surface area contributed by atoms with Crippen molar-refractivity contribution in [2.75, 3.05) is 11.1 Å². The van der Waals surface area contributed by atoms with Crippen LogP contribution < -0.4 is 5.32 Å². The first-order valence-electron chi connectivity index (χ1n) is 8.37. The number of aromatic nitrogens is 5. The first-order chi connectivity index (χ1) is 13.2. The number of benzene rings is 1. The molecule has 0 unspecified atom stereocenters. The summed E-state index contributed by atoms with van der Waals surface area (Å²) in [6.45, 7) is 2.16. The number of carbonyl (C=O) groups excluding carboxylic acids is 1. The van der Waals surface area contributed by atoms with Gasteiger partial charge in [-0.05, 0) is 30.0 Å². The number of hydrogen-bond acceptors (Lipinski definition) is 7. The van der Waals surface area contributed by atoms with Crippen LogP contribution in [0.5, 0.6) is 0 Å². The zero-order valence-electron chi connectivity index (χ0n) is 14.5. The van der Waals surface area contributed by atoms with E-state index in [1.54, 1.807) is 18.0 Å². The summed E-state index contributed by atoms with van der Waals surface area (Å²) in [5, 5.41) is 11.4. The maximum atomic E-state index is 12.6. The van der Waals surface area contributed by atoms with Crippen LogP contribution >= 0.6 is 23.1 Å². The molecular weight excluding hydrogens is 380 g/mol. The third kappa shape index (κ3) is 3.83. The molecule has 0 aliphatic carbocycles. The van der Waals surface area contributed by atoms with E-state index in [0.717, 1.165) is 26.8 Å². The molecule has 1 aromatic carbocycles. The summed E-state index contributed by atoms with van der Waals surface area (Å²) in [5.41, 5.74) is 2.43. The smallest absolute Gasteiger partial charge is 0.246 e. The first-order valence-corrected chi connectivity index (χ1v) is 10.2. The molecule has 0 radical (unpaired) electrons. The molecule has 136 valence electrons. The monoisotopic (exact) mass is 396 g/mol. The normalized spacial score (nSPS) is 11.0. The summed E-state index contributed by atoms with van der Waals surface area (Å²) in [7, 11) is 0. The molecule has 0 saturated carbocycles. The van der Waals surface area contributed by atoms with Gasteiger partial charge in [0.05, 0.1) is 11.0 Å². The fourth-order valence-electron chi connectivity index (χ4n) is 2.67. The number of pyridine rings is 1. The minimum atomic E-state index is -0.181. The van der Waals surface area contributed by atoms with Gasteiger partial charge in [-0.25, -0.2) is 4.98 Å². The van der Waals surface area contributed by atoms with Gasteiger partial charge in [-0.15, -0.1) is 10.2 Å². The van der Waals surface area contributed by atoms with E-state index >= 15 is 0 Å². The second kappa shape index (κ2) is 7.85. The molecule has 0 fully saturated rings. The summed E-state index contributed by atoms with van der Waals surface area (Å²) in [6, 6.07) is 13.4. The van der Waals surface area contributed by atoms with Gasteiger partial charge in [0.1, 0.15) is 12.2 Å². The molecule has 9 heteroatoms. The molecule has 4 aromatic rings. The van der Waals surface area contributed by atoms with Crippen LogP contribution in [0.15, 0.2) is 53.0 Å². The van der Waals surface area contributed by atoms with Crippen molar-refractivity contribution in [1.82, 2.24) is 24.7 Å². The average molecular weight is 397 g/mol. The van der Waals surface area contributed by atoms with Crippen molar-refractivity contribution in [3.63, 3.8) is 0 Å². The number of nitrogens with zero attached hydrogens (tertiary/aromatic N) is 5. The molecule has 1 N–H and O–H groups in total. The number of rotatable bonds is 6. The minimum Gasteiger partial charge on any atom is -0.313 e. The third-order valence-corrected chi connectivity index (χ3v) is 5.63. The minimum absolute atomic E-state index is 0.113. The topological polar surface area (TPSA) is 85.6 Å². The molecule has 1 amide bonds. The Bertz CT molecular complexity index is 1080. The van der Waals surface area contributed by atoms with Crippen molar-refractivity contribution < 1.29 is 4.79 Å². The van der Waals surface area contributed by atoms with Crippen molar-refractivity contribution in [3.05, 3.63) is 48.7 Å². The highest BCUT2D eigenvalue weighted by Gasteiger charge is 2.17. The Morgan fingerprint density at radius 1 is 1.19 bits per heavy atom. The standard InChI is InChI=1S/C18H16N6OS2/c1-2-26-18-23-22-17(27-18)21-15(25)11-24-14-9-4-3-7-12(14)20-16(24)13-8-5-6-10-19-13/h3-10H,2,11H2,1H3,(H,21,22,25). The third-order valence-electron chi connectivity index (χ3n) is 3.77. The maximum Gasteiger partial charge on any atom is 0.246 e. The van der Waals surface area contributed by atoms with Gasteiger partial charge in [0, 0.05) is 6.20 Å². The second-order valence-electron chi connectivity index (χ2n) is 5.58. The van der Waals surface area contributed by atoms with Gasteiger partial charge in [0.2, 0.25) is 11.0 Å². The van der Waals surface area contributed by atoms with E-state index in [4.69, 9.17) is 0 Å². The lowest BCUT2D eigenvalue weighted by Crippen LogP contribution is -2.19. The molecule has 7 nitrogen and oxygen atoms in total. The molecule has 0 aliphatic heterocycles. The lowest BCUT2D eigenvalue weighted by Gasteiger charge is -2.08. The quantitative estimate of drug-likeness (QED) is 0.395. The van der Waals surface area contributed by atoms with Crippen molar-refractivity contribution in [1.29, 1.82) is 0 Å². The Morgan fingerprint density at radius 3 is 2.85 bits per heavy atom. The maximum absolute atomic E-state index is 12.6. The number of para-hydroxylation sites is 2. The summed E-state index contributed by atoms with van der Waals surface area (Å²) >= 11 is 2.97. The molecule has 3 aromatic heterocycles. The second-order valence-corrected chi connectivity index (χ2v) is 8.07. The van der Waals surface area contributed by atoms with Crippen LogP contribution in [0.2, 0.25) is 0 Å². The predicted octanol–water partition coefficient (Wildman–Crippen LogP) is 3.70. The van der Waals surface area contributed by atoms with E-state index in [-0.39, 0.29) is 12.5 Å². The number of carbonyl (C=O) groups is 1. The van der Waals surface area contributed by atoms with Gasteiger partial charge in [-0.1, -0.05) is 48.2 Å². The number of thioether (sulfide) groups is 1. The molecule has 0 atom stereocenters. The zero-order valence-corrected chi connectivity index (χ0v) is 16.1. The van der Waals surface area contributed by atoms with Gasteiger partial charge >= 0.3 is 0 Å². The zero-order chi connectivity index (χ0) is 18.6. The predicted molar refractivity (Wildman–Crippen MR) is 108 cm³/mol. The Labute approximate surface area is 163 Å².